The molecule has 14 heteroatoms. The molecule has 260 valence electrons. The van der Waals surface area contributed by atoms with Crippen LogP contribution in [0.2, 0.25) is 0 Å². The van der Waals surface area contributed by atoms with Crippen molar-refractivity contribution in [3.63, 3.8) is 0 Å². The number of carbonyl (C=O) groups is 3. The standard InChI is InChI=1S/C37H31F3N6O4S/c1-20(2)17-28-32(35(41)47)34(30-15-16-31(51-30)36(48)42-19-22-9-13-24(39)25(40)18-22)33(27(43-28)14-10-21-7-11-23(38)12-8-21)37(49)50-46-29-6-4-3-5-26(29)44-45-46/h3-9,11-13,15-16,18,20H,10,14,17,19H2,1-2H3,(H2,41,47)(H,42,48). The number of halogens is 3. The zero-order chi connectivity index (χ0) is 36.2. The molecule has 3 N–H and O–H groups in total. The van der Waals surface area contributed by atoms with Crippen LogP contribution < -0.4 is 15.9 Å². The molecule has 0 aliphatic heterocycles. The van der Waals surface area contributed by atoms with Crippen LogP contribution in [-0.2, 0) is 25.8 Å². The van der Waals surface area contributed by atoms with Gasteiger partial charge in [0.2, 0.25) is 0 Å². The van der Waals surface area contributed by atoms with E-state index < -0.39 is 35.2 Å². The summed E-state index contributed by atoms with van der Waals surface area (Å²) in [5, 5.41) is 10.7. The molecule has 0 saturated carbocycles. The van der Waals surface area contributed by atoms with E-state index in [-0.39, 0.29) is 40.5 Å². The number of benzene rings is 3. The zero-order valence-electron chi connectivity index (χ0n) is 27.5. The van der Waals surface area contributed by atoms with Crippen molar-refractivity contribution in [2.75, 3.05) is 0 Å². The van der Waals surface area contributed by atoms with Crippen LogP contribution in [0.4, 0.5) is 13.2 Å². The summed E-state index contributed by atoms with van der Waals surface area (Å²) in [4.78, 5) is 53.0. The van der Waals surface area contributed by atoms with Crippen LogP contribution in [0.15, 0.2) is 78.9 Å². The van der Waals surface area contributed by atoms with Crippen molar-refractivity contribution < 1.29 is 32.4 Å². The molecule has 0 fully saturated rings. The molecule has 0 aliphatic carbocycles. The number of nitrogens with one attached hydrogen (secondary N) is 1. The van der Waals surface area contributed by atoms with Crippen molar-refractivity contribution in [3.05, 3.63) is 135 Å². The van der Waals surface area contributed by atoms with Gasteiger partial charge in [0.1, 0.15) is 16.9 Å². The van der Waals surface area contributed by atoms with Crippen molar-refractivity contribution >= 4 is 40.2 Å². The highest BCUT2D eigenvalue weighted by Gasteiger charge is 2.31. The van der Waals surface area contributed by atoms with Crippen molar-refractivity contribution in [2.24, 2.45) is 11.7 Å². The van der Waals surface area contributed by atoms with Gasteiger partial charge in [0.25, 0.3) is 11.8 Å². The molecule has 3 heterocycles. The Hall–Kier alpha value is -5.89. The first-order valence-electron chi connectivity index (χ1n) is 15.9. The molecule has 51 heavy (non-hydrogen) atoms. The van der Waals surface area contributed by atoms with E-state index in [1.165, 1.54) is 24.3 Å². The summed E-state index contributed by atoms with van der Waals surface area (Å²) in [6, 6.07) is 19.2. The lowest BCUT2D eigenvalue weighted by Crippen LogP contribution is -2.27. The van der Waals surface area contributed by atoms with Crippen molar-refractivity contribution in [1.82, 2.24) is 25.5 Å². The molecule has 0 bridgehead atoms. The van der Waals surface area contributed by atoms with Crippen LogP contribution in [0.3, 0.4) is 0 Å². The Labute approximate surface area is 294 Å². The third-order valence-electron chi connectivity index (χ3n) is 7.97. The van der Waals surface area contributed by atoms with Gasteiger partial charge < -0.3 is 15.9 Å². The molecule has 0 unspecified atom stereocenters. The number of amides is 2. The molecule has 0 atom stereocenters. The van der Waals surface area contributed by atoms with Crippen LogP contribution >= 0.6 is 11.3 Å². The first-order chi connectivity index (χ1) is 24.5. The number of carbonyl (C=O) groups excluding carboxylic acids is 3. The average Bonchev–Trinajstić information content (AvgIpc) is 3.75. The normalized spacial score (nSPS) is 11.3. The van der Waals surface area contributed by atoms with Crippen LogP contribution in [0.5, 0.6) is 0 Å². The monoisotopic (exact) mass is 712 g/mol. The highest BCUT2D eigenvalue weighted by molar-refractivity contribution is 7.17. The van der Waals surface area contributed by atoms with Crippen molar-refractivity contribution in [3.8, 4) is 10.4 Å². The molecule has 3 aromatic carbocycles. The Morgan fingerprint density at radius 1 is 0.882 bits per heavy atom. The summed E-state index contributed by atoms with van der Waals surface area (Å²) >= 11 is 0.995. The highest BCUT2D eigenvalue weighted by Crippen LogP contribution is 2.37. The lowest BCUT2D eigenvalue weighted by molar-refractivity contribution is 0.0407. The van der Waals surface area contributed by atoms with E-state index in [2.05, 4.69) is 15.6 Å². The van der Waals surface area contributed by atoms with Gasteiger partial charge >= 0.3 is 5.97 Å². The van der Waals surface area contributed by atoms with Crippen molar-refractivity contribution in [1.29, 1.82) is 0 Å². The van der Waals surface area contributed by atoms with Crippen LogP contribution in [0.25, 0.3) is 21.5 Å². The van der Waals surface area contributed by atoms with Gasteiger partial charge in [-0.1, -0.05) is 49.0 Å². The quantitative estimate of drug-likeness (QED) is 0.143. The number of nitrogens with two attached hydrogens (primary N) is 1. The molecule has 3 aromatic heterocycles. The minimum Gasteiger partial charge on any atom is -0.366 e. The molecular weight excluding hydrogens is 682 g/mol. The van der Waals surface area contributed by atoms with E-state index in [0.717, 1.165) is 33.9 Å². The fourth-order valence-corrected chi connectivity index (χ4v) is 6.58. The van der Waals surface area contributed by atoms with Crippen LogP contribution in [0.1, 0.15) is 66.7 Å². The number of para-hydroxylation sites is 1. The lowest BCUT2D eigenvalue weighted by Gasteiger charge is -2.19. The molecule has 0 spiro atoms. The smallest absolute Gasteiger partial charge is 0.366 e. The molecule has 10 nitrogen and oxygen atoms in total. The topological polar surface area (TPSA) is 142 Å². The van der Waals surface area contributed by atoms with Gasteiger partial charge in [-0.15, -0.1) is 16.4 Å². The third kappa shape index (κ3) is 7.80. The largest absolute Gasteiger partial charge is 0.368 e. The number of hydrogen-bond donors (Lipinski definition) is 2. The number of thiophene rings is 1. The molecule has 6 rings (SSSR count). The fraction of sp³-hybridized carbons (Fsp3) is 0.189. The Morgan fingerprint density at radius 2 is 1.63 bits per heavy atom. The summed E-state index contributed by atoms with van der Waals surface area (Å²) < 4.78 is 40.8. The molecule has 0 saturated heterocycles. The SMILES string of the molecule is CC(C)Cc1nc(CCc2ccc(F)cc2)c(C(=O)On2nnc3ccccc32)c(-c2ccc(C(=O)NCc3ccc(F)c(F)c3)s2)c1C(N)=O. The fourth-order valence-electron chi connectivity index (χ4n) is 5.60. The number of rotatable bonds is 12. The number of hydrogen-bond acceptors (Lipinski definition) is 8. The Morgan fingerprint density at radius 3 is 2.35 bits per heavy atom. The maximum atomic E-state index is 14.3. The Balaban J connectivity index is 1.46. The number of pyridine rings is 1. The first-order valence-corrected chi connectivity index (χ1v) is 16.8. The van der Waals surface area contributed by atoms with E-state index in [1.807, 2.05) is 13.8 Å². The molecular formula is C37H31F3N6O4S. The van der Waals surface area contributed by atoms with Gasteiger partial charge in [-0.25, -0.2) is 18.0 Å². The van der Waals surface area contributed by atoms with Gasteiger partial charge in [-0.05, 0) is 90.1 Å². The summed E-state index contributed by atoms with van der Waals surface area (Å²) in [5.41, 5.74) is 8.76. The number of primary amides is 1. The van der Waals surface area contributed by atoms with Gasteiger partial charge in [0, 0.05) is 17.0 Å². The summed E-state index contributed by atoms with van der Waals surface area (Å²) in [7, 11) is 0. The average molecular weight is 713 g/mol. The lowest BCUT2D eigenvalue weighted by atomic mass is 9.91. The summed E-state index contributed by atoms with van der Waals surface area (Å²) in [6.07, 6.45) is 0.890. The number of fused-ring (bicyclic) bond motifs is 1. The minimum atomic E-state index is -1.04. The van der Waals surface area contributed by atoms with Gasteiger partial charge in [-0.3, -0.25) is 14.6 Å². The van der Waals surface area contributed by atoms with E-state index in [4.69, 9.17) is 15.6 Å². The summed E-state index contributed by atoms with van der Waals surface area (Å²) in [6.45, 7) is 3.81. The van der Waals surface area contributed by atoms with E-state index in [1.54, 1.807) is 42.5 Å². The minimum absolute atomic E-state index is 0.000209. The molecule has 6 aromatic rings. The number of nitrogens with zero attached hydrogens (tertiary/aromatic N) is 4. The predicted molar refractivity (Wildman–Crippen MR) is 184 cm³/mol. The third-order valence-corrected chi connectivity index (χ3v) is 9.07. The van der Waals surface area contributed by atoms with Gasteiger partial charge in [-0.2, -0.15) is 0 Å². The van der Waals surface area contributed by atoms with E-state index in [0.29, 0.717) is 45.7 Å². The second-order valence-corrected chi connectivity index (χ2v) is 13.2. The Bertz CT molecular complexity index is 2270. The second-order valence-electron chi connectivity index (χ2n) is 12.1. The van der Waals surface area contributed by atoms with E-state index >= 15 is 0 Å². The number of aromatic nitrogens is 4. The van der Waals surface area contributed by atoms with Crippen LogP contribution in [-0.4, -0.2) is 37.9 Å². The van der Waals surface area contributed by atoms with Crippen molar-refractivity contribution in [2.45, 2.75) is 39.7 Å². The first kappa shape index (κ1) is 35.0. The molecule has 2 amide bonds. The maximum absolute atomic E-state index is 14.3. The van der Waals surface area contributed by atoms with E-state index in [9.17, 15) is 27.6 Å². The molecule has 0 aliphatic rings. The highest BCUT2D eigenvalue weighted by atomic mass is 32.1. The maximum Gasteiger partial charge on any atom is 0.368 e. The zero-order valence-corrected chi connectivity index (χ0v) is 28.3. The van der Waals surface area contributed by atoms with Gasteiger partial charge in [0.15, 0.2) is 11.6 Å². The Kier molecular flexibility index (Phi) is 10.2. The second kappa shape index (κ2) is 14.9. The summed E-state index contributed by atoms with van der Waals surface area (Å²) in [5.74, 6) is -4.67. The number of aryl methyl sites for hydroxylation is 2. The predicted octanol–water partition coefficient (Wildman–Crippen LogP) is 6.25. The van der Waals surface area contributed by atoms with Gasteiger partial charge in [0.05, 0.1) is 27.4 Å². The van der Waals surface area contributed by atoms with Crippen LogP contribution in [0, 0.1) is 23.4 Å². The molecule has 0 radical (unpaired) electrons.